The van der Waals surface area contributed by atoms with Crippen LogP contribution in [0.2, 0.25) is 10.0 Å². The van der Waals surface area contributed by atoms with Crippen molar-refractivity contribution < 1.29 is 9.69 Å². The maximum absolute atomic E-state index is 12.3. The van der Waals surface area contributed by atoms with Gasteiger partial charge in [0.25, 0.3) is 5.91 Å². The maximum atomic E-state index is 12.3. The highest BCUT2D eigenvalue weighted by Crippen LogP contribution is 2.25. The number of amides is 1. The van der Waals surface area contributed by atoms with E-state index in [1.165, 1.54) is 17.7 Å². The molecule has 3 nitrogen and oxygen atoms in total. The lowest BCUT2D eigenvalue weighted by molar-refractivity contribution is -0.919. The van der Waals surface area contributed by atoms with E-state index in [2.05, 4.69) is 12.2 Å². The van der Waals surface area contributed by atoms with Gasteiger partial charge in [0.2, 0.25) is 0 Å². The fourth-order valence-corrected chi connectivity index (χ4v) is 2.92. The van der Waals surface area contributed by atoms with Gasteiger partial charge in [-0.05, 0) is 43.9 Å². The number of nitrogens with one attached hydrogen (secondary N) is 2. The Kier molecular flexibility index (Phi) is 5.30. The Bertz CT molecular complexity index is 485. The van der Waals surface area contributed by atoms with E-state index >= 15 is 0 Å². The van der Waals surface area contributed by atoms with Gasteiger partial charge in [-0.1, -0.05) is 30.1 Å². The van der Waals surface area contributed by atoms with Gasteiger partial charge >= 0.3 is 0 Å². The number of rotatable bonds is 3. The topological polar surface area (TPSA) is 33.5 Å². The Labute approximate surface area is 130 Å². The molecule has 2 rings (SSSR count). The molecule has 0 saturated carbocycles. The standard InChI is InChI=1S/C15H20Cl2N2O/c1-10-5-7-19(8-6-10)11(2)15(20)18-14-9-12(16)3-4-13(14)17/h3-4,9-11H,5-8H2,1-2H3,(H,18,20)/p+1/t11-/m0/s1. The van der Waals surface area contributed by atoms with Gasteiger partial charge in [-0.25, -0.2) is 0 Å². The minimum atomic E-state index is -0.0717. The monoisotopic (exact) mass is 315 g/mol. The number of anilines is 1. The van der Waals surface area contributed by atoms with Crippen LogP contribution < -0.4 is 10.2 Å². The molecule has 0 radical (unpaired) electrons. The normalized spacial score (nSPS) is 24.2. The molecule has 1 amide bonds. The number of carbonyl (C=O) groups excluding carboxylic acids is 1. The molecule has 110 valence electrons. The number of quaternary nitrogens is 1. The Morgan fingerprint density at radius 3 is 2.65 bits per heavy atom. The summed E-state index contributed by atoms with van der Waals surface area (Å²) in [4.78, 5) is 13.7. The first-order chi connectivity index (χ1) is 9.47. The lowest BCUT2D eigenvalue weighted by Gasteiger charge is -2.31. The van der Waals surface area contributed by atoms with Gasteiger partial charge < -0.3 is 10.2 Å². The van der Waals surface area contributed by atoms with Crippen LogP contribution in [0.5, 0.6) is 0 Å². The molecule has 0 unspecified atom stereocenters. The smallest absolute Gasteiger partial charge is 0.282 e. The predicted octanol–water partition coefficient (Wildman–Crippen LogP) is 2.64. The number of benzene rings is 1. The molecule has 2 N–H and O–H groups in total. The second kappa shape index (κ2) is 6.79. The van der Waals surface area contributed by atoms with Crippen LogP contribution in [0.25, 0.3) is 0 Å². The minimum Gasteiger partial charge on any atom is -0.325 e. The van der Waals surface area contributed by atoms with Crippen LogP contribution in [0, 0.1) is 5.92 Å². The van der Waals surface area contributed by atoms with E-state index in [4.69, 9.17) is 23.2 Å². The third-order valence-corrected chi connectivity index (χ3v) is 4.67. The Morgan fingerprint density at radius 1 is 1.35 bits per heavy atom. The summed E-state index contributed by atoms with van der Waals surface area (Å²) in [5, 5.41) is 3.96. The van der Waals surface area contributed by atoms with Crippen molar-refractivity contribution in [2.24, 2.45) is 5.92 Å². The maximum Gasteiger partial charge on any atom is 0.282 e. The van der Waals surface area contributed by atoms with E-state index < -0.39 is 0 Å². The lowest BCUT2D eigenvalue weighted by Crippen LogP contribution is -3.17. The molecule has 0 bridgehead atoms. The Balaban J connectivity index is 1.99. The number of hydrogen-bond donors (Lipinski definition) is 2. The number of hydrogen-bond acceptors (Lipinski definition) is 1. The summed E-state index contributed by atoms with van der Waals surface area (Å²) in [6, 6.07) is 5.01. The van der Waals surface area contributed by atoms with Gasteiger partial charge in [-0.15, -0.1) is 0 Å². The van der Waals surface area contributed by atoms with Crippen LogP contribution in [0.15, 0.2) is 18.2 Å². The van der Waals surface area contributed by atoms with Crippen LogP contribution in [-0.2, 0) is 4.79 Å². The zero-order chi connectivity index (χ0) is 14.7. The Hall–Kier alpha value is -0.770. The van der Waals surface area contributed by atoms with Crippen LogP contribution >= 0.6 is 23.2 Å². The van der Waals surface area contributed by atoms with Crippen molar-refractivity contribution in [2.75, 3.05) is 18.4 Å². The van der Waals surface area contributed by atoms with Crippen LogP contribution in [0.3, 0.4) is 0 Å². The molecule has 1 fully saturated rings. The van der Waals surface area contributed by atoms with Crippen molar-refractivity contribution >= 4 is 34.8 Å². The second-order valence-corrected chi connectivity index (χ2v) is 6.52. The first-order valence-corrected chi connectivity index (χ1v) is 7.83. The Morgan fingerprint density at radius 2 is 2.00 bits per heavy atom. The van der Waals surface area contributed by atoms with Crippen molar-refractivity contribution in [3.05, 3.63) is 28.2 Å². The number of carbonyl (C=O) groups is 1. The fourth-order valence-electron chi connectivity index (χ4n) is 2.59. The molecule has 1 aliphatic heterocycles. The highest BCUT2D eigenvalue weighted by molar-refractivity contribution is 6.35. The van der Waals surface area contributed by atoms with E-state index in [1.807, 2.05) is 6.92 Å². The summed E-state index contributed by atoms with van der Waals surface area (Å²) in [5.41, 5.74) is 0.584. The molecule has 1 atom stereocenters. The first kappa shape index (κ1) is 15.6. The zero-order valence-corrected chi connectivity index (χ0v) is 13.4. The predicted molar refractivity (Wildman–Crippen MR) is 83.6 cm³/mol. The molecule has 1 aliphatic rings. The molecule has 5 heteroatoms. The lowest BCUT2D eigenvalue weighted by atomic mass is 9.98. The molecular weight excluding hydrogens is 295 g/mol. The highest BCUT2D eigenvalue weighted by atomic mass is 35.5. The SMILES string of the molecule is CC1CC[NH+]([C@@H](C)C(=O)Nc2cc(Cl)ccc2Cl)CC1. The molecule has 20 heavy (non-hydrogen) atoms. The van der Waals surface area contributed by atoms with Gasteiger partial charge in [0, 0.05) is 5.02 Å². The first-order valence-electron chi connectivity index (χ1n) is 7.08. The number of likely N-dealkylation sites (tertiary alicyclic amines) is 1. The van der Waals surface area contributed by atoms with Crippen LogP contribution in [0.1, 0.15) is 26.7 Å². The van der Waals surface area contributed by atoms with Crippen molar-refractivity contribution in [3.8, 4) is 0 Å². The van der Waals surface area contributed by atoms with Gasteiger partial charge in [-0.2, -0.15) is 0 Å². The summed E-state index contributed by atoms with van der Waals surface area (Å²) in [6.07, 6.45) is 2.37. The summed E-state index contributed by atoms with van der Waals surface area (Å²) < 4.78 is 0. The van der Waals surface area contributed by atoms with E-state index in [9.17, 15) is 4.79 Å². The quantitative estimate of drug-likeness (QED) is 0.883. The summed E-state index contributed by atoms with van der Waals surface area (Å²) in [5.74, 6) is 0.773. The fraction of sp³-hybridized carbons (Fsp3) is 0.533. The van der Waals surface area contributed by atoms with E-state index in [1.54, 1.807) is 18.2 Å². The summed E-state index contributed by atoms with van der Waals surface area (Å²) in [7, 11) is 0. The minimum absolute atomic E-state index is 0.00119. The molecule has 0 aromatic heterocycles. The molecule has 1 aromatic rings. The van der Waals surface area contributed by atoms with Crippen molar-refractivity contribution in [1.29, 1.82) is 0 Å². The summed E-state index contributed by atoms with van der Waals surface area (Å²) in [6.45, 7) is 6.35. The van der Waals surface area contributed by atoms with E-state index in [0.717, 1.165) is 19.0 Å². The van der Waals surface area contributed by atoms with E-state index in [-0.39, 0.29) is 11.9 Å². The van der Waals surface area contributed by atoms with Gasteiger partial charge in [0.15, 0.2) is 6.04 Å². The molecule has 0 spiro atoms. The number of halogens is 2. The van der Waals surface area contributed by atoms with Crippen molar-refractivity contribution in [3.63, 3.8) is 0 Å². The van der Waals surface area contributed by atoms with Crippen LogP contribution in [-0.4, -0.2) is 25.0 Å². The molecule has 1 heterocycles. The molecule has 1 aromatic carbocycles. The molecule has 1 saturated heterocycles. The zero-order valence-electron chi connectivity index (χ0n) is 11.9. The third-order valence-electron chi connectivity index (χ3n) is 4.11. The second-order valence-electron chi connectivity index (χ2n) is 5.68. The average Bonchev–Trinajstić information content (AvgIpc) is 2.43. The van der Waals surface area contributed by atoms with E-state index in [0.29, 0.717) is 15.7 Å². The molecule has 0 aliphatic carbocycles. The largest absolute Gasteiger partial charge is 0.325 e. The van der Waals surface area contributed by atoms with Crippen molar-refractivity contribution in [2.45, 2.75) is 32.7 Å². The average molecular weight is 316 g/mol. The number of piperidine rings is 1. The molecular formula is C15H21Cl2N2O+. The van der Waals surface area contributed by atoms with Gasteiger partial charge in [-0.3, -0.25) is 4.79 Å². The van der Waals surface area contributed by atoms with Gasteiger partial charge in [0.1, 0.15) is 0 Å². The van der Waals surface area contributed by atoms with Crippen molar-refractivity contribution in [1.82, 2.24) is 0 Å². The highest BCUT2D eigenvalue weighted by Gasteiger charge is 2.28. The summed E-state index contributed by atoms with van der Waals surface area (Å²) >= 11 is 12.0. The van der Waals surface area contributed by atoms with Crippen LogP contribution in [0.4, 0.5) is 5.69 Å². The van der Waals surface area contributed by atoms with Gasteiger partial charge in [0.05, 0.1) is 23.8 Å². The third kappa shape index (κ3) is 3.87.